The first-order valence-electron chi connectivity index (χ1n) is 5.46. The largest absolute Gasteiger partial charge is 0.355 e. The number of hydrogen-bond acceptors (Lipinski definition) is 6. The van der Waals surface area contributed by atoms with E-state index < -0.39 is 0 Å². The molecule has 3 aromatic heterocycles. The number of carbonyl (C=O) groups is 1. The normalized spacial score (nSPS) is 10.5. The van der Waals surface area contributed by atoms with Gasteiger partial charge in [-0.1, -0.05) is 11.2 Å². The van der Waals surface area contributed by atoms with Gasteiger partial charge in [0.2, 0.25) is 0 Å². The number of hydrogen-bond donors (Lipinski definition) is 2. The molecule has 8 heteroatoms. The number of nitrogens with zero attached hydrogens (tertiary/aromatic N) is 3. The lowest BCUT2D eigenvalue weighted by Gasteiger charge is -1.98. The van der Waals surface area contributed by atoms with Crippen molar-refractivity contribution in [3.05, 3.63) is 41.4 Å². The summed E-state index contributed by atoms with van der Waals surface area (Å²) in [5.74, 6) is 0.845. The molecule has 0 fully saturated rings. The Hall–Kier alpha value is -2.48. The van der Waals surface area contributed by atoms with Crippen molar-refractivity contribution in [3.63, 3.8) is 0 Å². The number of rotatable bonds is 4. The summed E-state index contributed by atoms with van der Waals surface area (Å²) in [6, 6.07) is 5.43. The number of thiophene rings is 1. The van der Waals surface area contributed by atoms with Crippen LogP contribution in [-0.2, 0) is 6.54 Å². The zero-order valence-electron chi connectivity index (χ0n) is 9.66. The van der Waals surface area contributed by atoms with E-state index in [4.69, 9.17) is 4.52 Å². The van der Waals surface area contributed by atoms with E-state index in [9.17, 15) is 4.79 Å². The third-order valence-corrected chi connectivity index (χ3v) is 3.27. The van der Waals surface area contributed by atoms with Gasteiger partial charge in [0.05, 0.1) is 11.4 Å². The summed E-state index contributed by atoms with van der Waals surface area (Å²) in [5.41, 5.74) is 0.239. The first kappa shape index (κ1) is 11.6. The summed E-state index contributed by atoms with van der Waals surface area (Å²) in [5, 5.41) is 14.7. The molecule has 0 radical (unpaired) electrons. The molecule has 3 rings (SSSR count). The molecule has 19 heavy (non-hydrogen) atoms. The molecule has 3 heterocycles. The summed E-state index contributed by atoms with van der Waals surface area (Å²) in [6.07, 6.45) is 1.38. The fraction of sp³-hybridized carbons (Fsp3) is 0.0909. The van der Waals surface area contributed by atoms with Crippen molar-refractivity contribution in [2.24, 2.45) is 0 Å². The molecule has 0 aliphatic rings. The zero-order chi connectivity index (χ0) is 13.1. The first-order valence-corrected chi connectivity index (χ1v) is 6.34. The Morgan fingerprint density at radius 3 is 3.21 bits per heavy atom. The van der Waals surface area contributed by atoms with Gasteiger partial charge in [0, 0.05) is 6.07 Å². The van der Waals surface area contributed by atoms with Crippen molar-refractivity contribution in [2.75, 3.05) is 0 Å². The Bertz CT molecular complexity index is 659. The van der Waals surface area contributed by atoms with E-state index in [0.717, 1.165) is 4.88 Å². The molecule has 2 N–H and O–H groups in total. The van der Waals surface area contributed by atoms with Crippen LogP contribution in [0.25, 0.3) is 10.6 Å². The first-order chi connectivity index (χ1) is 9.33. The minimum atomic E-state index is -0.317. The second-order valence-electron chi connectivity index (χ2n) is 3.67. The van der Waals surface area contributed by atoms with Gasteiger partial charge in [-0.25, -0.2) is 4.98 Å². The van der Waals surface area contributed by atoms with Gasteiger partial charge in [0.15, 0.2) is 11.5 Å². The second kappa shape index (κ2) is 5.02. The summed E-state index contributed by atoms with van der Waals surface area (Å²) >= 11 is 1.52. The predicted octanol–water partition coefficient (Wildman–Crippen LogP) is 1.45. The fourth-order valence-electron chi connectivity index (χ4n) is 1.49. The van der Waals surface area contributed by atoms with Gasteiger partial charge in [-0.2, -0.15) is 5.10 Å². The second-order valence-corrected chi connectivity index (χ2v) is 4.62. The van der Waals surface area contributed by atoms with Crippen LogP contribution in [0, 0.1) is 0 Å². The molecule has 96 valence electrons. The van der Waals surface area contributed by atoms with E-state index in [-0.39, 0.29) is 18.1 Å². The number of carbonyl (C=O) groups excluding carboxylic acids is 1. The maximum atomic E-state index is 11.8. The number of nitrogens with one attached hydrogen (secondary N) is 2. The van der Waals surface area contributed by atoms with Gasteiger partial charge in [-0.3, -0.25) is 9.89 Å². The van der Waals surface area contributed by atoms with Crippen molar-refractivity contribution in [1.29, 1.82) is 0 Å². The SMILES string of the molecule is O=C(NCc1ncn[nH]1)c1cc(-c2cccs2)on1. The van der Waals surface area contributed by atoms with Crippen LogP contribution >= 0.6 is 11.3 Å². The molecule has 0 saturated carbocycles. The number of amides is 1. The maximum Gasteiger partial charge on any atom is 0.273 e. The Kier molecular flexibility index (Phi) is 3.07. The highest BCUT2D eigenvalue weighted by Crippen LogP contribution is 2.24. The van der Waals surface area contributed by atoms with Crippen LogP contribution < -0.4 is 5.32 Å². The minimum Gasteiger partial charge on any atom is -0.355 e. The smallest absolute Gasteiger partial charge is 0.273 e. The van der Waals surface area contributed by atoms with Gasteiger partial charge in [-0.05, 0) is 11.4 Å². The van der Waals surface area contributed by atoms with Crippen LogP contribution in [0.2, 0.25) is 0 Å². The van der Waals surface area contributed by atoms with Crippen molar-refractivity contribution < 1.29 is 9.32 Å². The highest BCUT2D eigenvalue weighted by Gasteiger charge is 2.14. The van der Waals surface area contributed by atoms with Gasteiger partial charge >= 0.3 is 0 Å². The number of H-pyrrole nitrogens is 1. The summed E-state index contributed by atoms with van der Waals surface area (Å²) < 4.78 is 5.13. The van der Waals surface area contributed by atoms with Crippen LogP contribution in [0.15, 0.2) is 34.4 Å². The van der Waals surface area contributed by atoms with E-state index in [2.05, 4.69) is 25.7 Å². The Labute approximate surface area is 111 Å². The van der Waals surface area contributed by atoms with Gasteiger partial charge in [0.25, 0.3) is 5.91 Å². The molecule has 0 aliphatic carbocycles. The molecule has 0 spiro atoms. The molecular formula is C11H9N5O2S. The molecular weight excluding hydrogens is 266 g/mol. The van der Waals surface area contributed by atoms with E-state index in [1.807, 2.05) is 17.5 Å². The summed E-state index contributed by atoms with van der Waals surface area (Å²) in [6.45, 7) is 0.264. The third kappa shape index (κ3) is 2.52. The van der Waals surface area contributed by atoms with E-state index in [1.54, 1.807) is 6.07 Å². The van der Waals surface area contributed by atoms with Gasteiger partial charge in [-0.15, -0.1) is 11.3 Å². The number of aromatic amines is 1. The van der Waals surface area contributed by atoms with Crippen LogP contribution in [0.3, 0.4) is 0 Å². The number of aromatic nitrogens is 4. The highest BCUT2D eigenvalue weighted by molar-refractivity contribution is 7.13. The van der Waals surface area contributed by atoms with E-state index in [0.29, 0.717) is 11.6 Å². The van der Waals surface area contributed by atoms with Crippen LogP contribution in [-0.4, -0.2) is 26.2 Å². The molecule has 0 aromatic carbocycles. The topological polar surface area (TPSA) is 96.7 Å². The Balaban J connectivity index is 1.67. The third-order valence-electron chi connectivity index (χ3n) is 2.39. The van der Waals surface area contributed by atoms with Crippen molar-refractivity contribution in [2.45, 2.75) is 6.54 Å². The van der Waals surface area contributed by atoms with Crippen LogP contribution in [0.4, 0.5) is 0 Å². The lowest BCUT2D eigenvalue weighted by Crippen LogP contribution is -2.23. The lowest BCUT2D eigenvalue weighted by molar-refractivity contribution is 0.0941. The molecule has 7 nitrogen and oxygen atoms in total. The average molecular weight is 275 g/mol. The van der Waals surface area contributed by atoms with Crippen molar-refractivity contribution >= 4 is 17.2 Å². The van der Waals surface area contributed by atoms with Crippen molar-refractivity contribution in [3.8, 4) is 10.6 Å². The Morgan fingerprint density at radius 1 is 1.53 bits per heavy atom. The molecule has 0 aliphatic heterocycles. The molecule has 0 bridgehead atoms. The monoisotopic (exact) mass is 275 g/mol. The van der Waals surface area contributed by atoms with E-state index >= 15 is 0 Å². The summed E-state index contributed by atoms with van der Waals surface area (Å²) in [4.78, 5) is 16.7. The van der Waals surface area contributed by atoms with Gasteiger partial charge < -0.3 is 9.84 Å². The molecule has 0 atom stereocenters. The zero-order valence-corrected chi connectivity index (χ0v) is 10.5. The van der Waals surface area contributed by atoms with Crippen molar-refractivity contribution in [1.82, 2.24) is 25.7 Å². The van der Waals surface area contributed by atoms with Crippen LogP contribution in [0.5, 0.6) is 0 Å². The molecule has 0 unspecified atom stereocenters. The Morgan fingerprint density at radius 2 is 2.47 bits per heavy atom. The van der Waals surface area contributed by atoms with Gasteiger partial charge in [0.1, 0.15) is 12.2 Å². The molecule has 3 aromatic rings. The van der Waals surface area contributed by atoms with Crippen LogP contribution in [0.1, 0.15) is 16.3 Å². The molecule has 1 amide bonds. The highest BCUT2D eigenvalue weighted by atomic mass is 32.1. The standard InChI is InChI=1S/C11H9N5O2S/c17-11(12-5-10-13-6-14-15-10)7-4-8(18-16-7)9-2-1-3-19-9/h1-4,6H,5H2,(H,12,17)(H,13,14,15). The quantitative estimate of drug-likeness (QED) is 0.751. The summed E-state index contributed by atoms with van der Waals surface area (Å²) in [7, 11) is 0. The fourth-order valence-corrected chi connectivity index (χ4v) is 2.16. The maximum absolute atomic E-state index is 11.8. The van der Waals surface area contributed by atoms with E-state index in [1.165, 1.54) is 17.7 Å². The predicted molar refractivity (Wildman–Crippen MR) is 67.4 cm³/mol. The average Bonchev–Trinajstić information content (AvgIpc) is 3.14. The lowest BCUT2D eigenvalue weighted by atomic mass is 10.3. The minimum absolute atomic E-state index is 0.239. The molecule has 0 saturated heterocycles.